The van der Waals surface area contributed by atoms with Crippen molar-refractivity contribution in [3.63, 3.8) is 0 Å². The summed E-state index contributed by atoms with van der Waals surface area (Å²) < 4.78 is 0. The highest BCUT2D eigenvalue weighted by molar-refractivity contribution is 6.52. The second kappa shape index (κ2) is 9.27. The number of anilines is 2. The lowest BCUT2D eigenvalue weighted by atomic mass is 9.95. The van der Waals surface area contributed by atoms with Crippen LogP contribution in [0.4, 0.5) is 11.4 Å². The van der Waals surface area contributed by atoms with Crippen LogP contribution in [0.1, 0.15) is 33.9 Å². The minimum Gasteiger partial charge on any atom is -0.378 e. The number of carbonyl (C=O) groups is 3. The van der Waals surface area contributed by atoms with Crippen LogP contribution in [0.25, 0.3) is 10.8 Å². The van der Waals surface area contributed by atoms with E-state index in [1.54, 1.807) is 24.3 Å². The molecule has 6 rings (SSSR count). The predicted octanol–water partition coefficient (Wildman–Crippen LogP) is 4.81. The smallest absolute Gasteiger partial charge is 0.299 e. The molecule has 4 aromatic rings. The van der Waals surface area contributed by atoms with Crippen LogP contribution >= 0.6 is 0 Å². The number of fused-ring (bicyclic) bond motifs is 2. The van der Waals surface area contributed by atoms with Crippen LogP contribution in [0.3, 0.4) is 0 Å². The minimum atomic E-state index is -0.691. The molecule has 0 spiro atoms. The fourth-order valence-electron chi connectivity index (χ4n) is 5.25. The van der Waals surface area contributed by atoms with Gasteiger partial charge in [-0.05, 0) is 40.6 Å². The van der Waals surface area contributed by atoms with E-state index in [1.165, 1.54) is 9.91 Å². The molecule has 0 radical (unpaired) electrons. The Bertz CT molecular complexity index is 1620. The van der Waals surface area contributed by atoms with Gasteiger partial charge in [0.15, 0.2) is 0 Å². The SMILES string of the molecule is CN(C)c1ccc(C2CC(c3cccc4ccccc34)=NN2C(=O)CN2C(=O)C(=O)c3ccccc32)cc1. The molecular formula is C31H26N4O3. The van der Waals surface area contributed by atoms with Gasteiger partial charge in [-0.2, -0.15) is 5.10 Å². The molecule has 0 saturated carbocycles. The lowest BCUT2D eigenvalue weighted by Gasteiger charge is -2.25. The second-order valence-electron chi connectivity index (χ2n) is 9.76. The highest BCUT2D eigenvalue weighted by atomic mass is 16.2. The van der Waals surface area contributed by atoms with Crippen molar-refractivity contribution in [2.24, 2.45) is 5.10 Å². The van der Waals surface area contributed by atoms with Crippen molar-refractivity contribution in [2.75, 3.05) is 30.4 Å². The van der Waals surface area contributed by atoms with Crippen molar-refractivity contribution in [3.05, 3.63) is 108 Å². The normalized spacial score (nSPS) is 16.7. The number of hydrazone groups is 1. The molecule has 188 valence electrons. The highest BCUT2D eigenvalue weighted by Crippen LogP contribution is 2.36. The Morgan fingerprint density at radius 1 is 0.868 bits per heavy atom. The molecule has 0 bridgehead atoms. The Morgan fingerprint density at radius 2 is 1.55 bits per heavy atom. The molecule has 0 aliphatic carbocycles. The molecule has 2 amide bonds. The fourth-order valence-corrected chi connectivity index (χ4v) is 5.25. The molecule has 7 heteroatoms. The molecule has 0 saturated heterocycles. The van der Waals surface area contributed by atoms with Crippen molar-refractivity contribution in [3.8, 4) is 0 Å². The van der Waals surface area contributed by atoms with Gasteiger partial charge in [-0.25, -0.2) is 5.01 Å². The van der Waals surface area contributed by atoms with Gasteiger partial charge < -0.3 is 4.90 Å². The van der Waals surface area contributed by atoms with Crippen LogP contribution in [-0.4, -0.2) is 49.0 Å². The Kier molecular flexibility index (Phi) is 5.76. The summed E-state index contributed by atoms with van der Waals surface area (Å²) >= 11 is 0. The van der Waals surface area contributed by atoms with E-state index in [-0.39, 0.29) is 18.5 Å². The maximum absolute atomic E-state index is 13.8. The van der Waals surface area contributed by atoms with Crippen LogP contribution in [0.5, 0.6) is 0 Å². The molecule has 1 atom stereocenters. The van der Waals surface area contributed by atoms with E-state index >= 15 is 0 Å². The van der Waals surface area contributed by atoms with E-state index < -0.39 is 11.7 Å². The number of hydrogen-bond donors (Lipinski definition) is 0. The molecule has 38 heavy (non-hydrogen) atoms. The third-order valence-electron chi connectivity index (χ3n) is 7.23. The largest absolute Gasteiger partial charge is 0.378 e. The summed E-state index contributed by atoms with van der Waals surface area (Å²) in [6.07, 6.45) is 0.532. The van der Waals surface area contributed by atoms with Gasteiger partial charge in [0.05, 0.1) is 23.0 Å². The van der Waals surface area contributed by atoms with Crippen molar-refractivity contribution >= 4 is 45.5 Å². The molecular weight excluding hydrogens is 476 g/mol. The van der Waals surface area contributed by atoms with Gasteiger partial charge in [0.25, 0.3) is 17.6 Å². The Labute approximate surface area is 220 Å². The number of carbonyl (C=O) groups excluding carboxylic acids is 3. The summed E-state index contributed by atoms with van der Waals surface area (Å²) in [6.45, 7) is -0.264. The number of amides is 2. The van der Waals surface area contributed by atoms with Gasteiger partial charge in [-0.3, -0.25) is 19.3 Å². The highest BCUT2D eigenvalue weighted by Gasteiger charge is 2.40. The van der Waals surface area contributed by atoms with E-state index in [4.69, 9.17) is 5.10 Å². The zero-order valence-corrected chi connectivity index (χ0v) is 21.2. The van der Waals surface area contributed by atoms with E-state index in [0.29, 0.717) is 17.7 Å². The molecule has 2 heterocycles. The molecule has 2 aliphatic heterocycles. The van der Waals surface area contributed by atoms with Crippen molar-refractivity contribution in [2.45, 2.75) is 12.5 Å². The van der Waals surface area contributed by atoms with Gasteiger partial charge >= 0.3 is 0 Å². The molecule has 4 aromatic carbocycles. The van der Waals surface area contributed by atoms with Gasteiger partial charge in [0.2, 0.25) is 0 Å². The average molecular weight is 503 g/mol. The maximum atomic E-state index is 13.8. The van der Waals surface area contributed by atoms with Gasteiger partial charge in [-0.1, -0.05) is 66.7 Å². The first-order valence-corrected chi connectivity index (χ1v) is 12.5. The summed E-state index contributed by atoms with van der Waals surface area (Å²) in [6, 6.07) is 28.7. The van der Waals surface area contributed by atoms with E-state index in [0.717, 1.165) is 33.3 Å². The van der Waals surface area contributed by atoms with Crippen molar-refractivity contribution in [1.29, 1.82) is 0 Å². The fraction of sp³-hybridized carbons (Fsp3) is 0.161. The van der Waals surface area contributed by atoms with Crippen molar-refractivity contribution < 1.29 is 14.4 Å². The lowest BCUT2D eigenvalue weighted by Crippen LogP contribution is -2.40. The molecule has 0 fully saturated rings. The van der Waals surface area contributed by atoms with Gasteiger partial charge in [0.1, 0.15) is 6.54 Å². The Morgan fingerprint density at radius 3 is 2.34 bits per heavy atom. The third kappa shape index (κ3) is 3.93. The molecule has 1 unspecified atom stereocenters. The lowest BCUT2D eigenvalue weighted by molar-refractivity contribution is -0.132. The summed E-state index contributed by atoms with van der Waals surface area (Å²) in [5.41, 5.74) is 4.57. The number of para-hydroxylation sites is 1. The number of ketones is 1. The number of hydrogen-bond acceptors (Lipinski definition) is 5. The topological polar surface area (TPSA) is 73.3 Å². The zero-order valence-electron chi connectivity index (χ0n) is 21.2. The molecule has 2 aliphatic rings. The first-order valence-electron chi connectivity index (χ1n) is 12.5. The zero-order chi connectivity index (χ0) is 26.4. The van der Waals surface area contributed by atoms with Gasteiger partial charge in [0, 0.05) is 31.8 Å². The quantitative estimate of drug-likeness (QED) is 0.367. The van der Waals surface area contributed by atoms with Crippen LogP contribution in [-0.2, 0) is 9.59 Å². The van der Waals surface area contributed by atoms with E-state index in [9.17, 15) is 14.4 Å². The summed E-state index contributed by atoms with van der Waals surface area (Å²) in [7, 11) is 3.96. The molecule has 0 aromatic heterocycles. The summed E-state index contributed by atoms with van der Waals surface area (Å²) in [5.74, 6) is -1.63. The number of nitrogens with zero attached hydrogens (tertiary/aromatic N) is 4. The standard InChI is InChI=1S/C31H26N4O3/c1-33(2)22-16-14-21(15-17-22)28-18-26(24-12-7-9-20-8-3-4-10-23(20)24)32-35(28)29(36)19-34-27-13-6-5-11-25(27)30(37)31(34)38/h3-17,28H,18-19H2,1-2H3. The van der Waals surface area contributed by atoms with Crippen LogP contribution in [0.2, 0.25) is 0 Å². The average Bonchev–Trinajstić information content (AvgIpc) is 3.49. The monoisotopic (exact) mass is 502 g/mol. The maximum Gasteiger partial charge on any atom is 0.299 e. The molecule has 0 N–H and O–H groups in total. The number of Topliss-reactive ketones (excluding diaryl/α,β-unsaturated/α-hetero) is 1. The molecule has 7 nitrogen and oxygen atoms in total. The summed E-state index contributed by atoms with van der Waals surface area (Å²) in [5, 5.41) is 8.49. The summed E-state index contributed by atoms with van der Waals surface area (Å²) in [4.78, 5) is 42.3. The number of rotatable bonds is 5. The number of benzene rings is 4. The second-order valence-corrected chi connectivity index (χ2v) is 9.76. The minimum absolute atomic E-state index is 0.264. The van der Waals surface area contributed by atoms with Gasteiger partial charge in [-0.15, -0.1) is 0 Å². The van der Waals surface area contributed by atoms with E-state index in [1.807, 2.05) is 67.5 Å². The third-order valence-corrected chi connectivity index (χ3v) is 7.23. The van der Waals surface area contributed by atoms with Crippen molar-refractivity contribution in [1.82, 2.24) is 5.01 Å². The predicted molar refractivity (Wildman–Crippen MR) is 149 cm³/mol. The first-order chi connectivity index (χ1) is 18.4. The Hall–Kier alpha value is -4.78. The van der Waals surface area contributed by atoms with Crippen LogP contribution in [0, 0.1) is 0 Å². The van der Waals surface area contributed by atoms with Crippen LogP contribution in [0.15, 0.2) is 96.1 Å². The van der Waals surface area contributed by atoms with Crippen LogP contribution < -0.4 is 9.80 Å². The Balaban J connectivity index is 1.38. The first kappa shape index (κ1) is 23.6. The van der Waals surface area contributed by atoms with E-state index in [2.05, 4.69) is 18.2 Å².